The third-order valence-electron chi connectivity index (χ3n) is 6.29. The van der Waals surface area contributed by atoms with Gasteiger partial charge in [-0.3, -0.25) is 0 Å². The fourth-order valence-electron chi connectivity index (χ4n) is 3.84. The summed E-state index contributed by atoms with van der Waals surface area (Å²) in [5, 5.41) is 0. The Bertz CT molecular complexity index is 1200. The lowest BCUT2D eigenvalue weighted by Gasteiger charge is -2.16. The number of para-hydroxylation sites is 2. The number of fused-ring (bicyclic) bond motifs is 2. The van der Waals surface area contributed by atoms with E-state index in [9.17, 15) is 4.79 Å². The number of carbonyl (C=O) groups excluding carboxylic acids is 1. The van der Waals surface area contributed by atoms with E-state index < -0.39 is 0 Å². The van der Waals surface area contributed by atoms with Gasteiger partial charge in [-0.25, -0.2) is 4.79 Å². The largest absolute Gasteiger partial charge is 0.487 e. The summed E-state index contributed by atoms with van der Waals surface area (Å²) in [7, 11) is 0. The Morgan fingerprint density at radius 3 is 2.02 bits per heavy atom. The van der Waals surface area contributed by atoms with Gasteiger partial charge < -0.3 is 37.9 Å². The van der Waals surface area contributed by atoms with E-state index in [1.54, 1.807) is 30.3 Å². The highest BCUT2D eigenvalue weighted by Gasteiger charge is 2.12. The molecule has 0 spiro atoms. The molecule has 0 N–H and O–H groups in total. The van der Waals surface area contributed by atoms with Crippen LogP contribution < -0.4 is 18.9 Å². The van der Waals surface area contributed by atoms with Crippen molar-refractivity contribution < 1.29 is 42.7 Å². The molecule has 0 amide bonds. The van der Waals surface area contributed by atoms with Gasteiger partial charge in [-0.15, -0.1) is 0 Å². The van der Waals surface area contributed by atoms with Crippen LogP contribution in [0.1, 0.15) is 47.7 Å². The smallest absolute Gasteiger partial charge is 0.338 e. The molecule has 0 saturated carbocycles. The Morgan fingerprint density at radius 1 is 0.725 bits per heavy atom. The molecule has 9 nitrogen and oxygen atoms in total. The van der Waals surface area contributed by atoms with Gasteiger partial charge in [-0.1, -0.05) is 44.2 Å². The van der Waals surface area contributed by atoms with E-state index >= 15 is 0 Å². The van der Waals surface area contributed by atoms with Crippen molar-refractivity contribution in [1.29, 1.82) is 0 Å². The molecular weight excluding hydrogens is 516 g/mol. The first-order chi connectivity index (χ1) is 19.6. The van der Waals surface area contributed by atoms with Crippen LogP contribution in [-0.2, 0) is 25.6 Å². The minimum Gasteiger partial charge on any atom is -0.487 e. The Labute approximate surface area is 234 Å². The van der Waals surface area contributed by atoms with Crippen LogP contribution in [0.15, 0.2) is 66.7 Å². The molecule has 0 radical (unpaired) electrons. The number of benzene rings is 3. The van der Waals surface area contributed by atoms with Gasteiger partial charge >= 0.3 is 5.97 Å². The summed E-state index contributed by atoms with van der Waals surface area (Å²) in [6, 6.07) is 20.2. The summed E-state index contributed by atoms with van der Waals surface area (Å²) in [5.41, 5.74) is 2.46. The van der Waals surface area contributed by atoms with Gasteiger partial charge in [0, 0.05) is 0 Å². The Hall–Kier alpha value is -3.79. The lowest BCUT2D eigenvalue weighted by atomic mass is 9.98. The molecule has 4 rings (SSSR count). The molecule has 3 aromatic carbocycles. The maximum absolute atomic E-state index is 12.6. The van der Waals surface area contributed by atoms with E-state index in [1.165, 1.54) is 5.56 Å². The molecule has 1 aliphatic heterocycles. The number of carbonyl (C=O) groups is 1. The first-order valence-corrected chi connectivity index (χ1v) is 13.4. The summed E-state index contributed by atoms with van der Waals surface area (Å²) in [6.45, 7) is 5.63. The van der Waals surface area contributed by atoms with Crippen LogP contribution in [0.2, 0.25) is 0 Å². The molecule has 9 heteroatoms. The van der Waals surface area contributed by atoms with E-state index in [0.29, 0.717) is 54.3 Å². The molecule has 1 atom stereocenters. The first kappa shape index (κ1) is 29.2. The molecule has 0 bridgehead atoms. The maximum atomic E-state index is 12.6. The number of ether oxygens (including phenoxy) is 8. The van der Waals surface area contributed by atoms with Crippen molar-refractivity contribution >= 4 is 5.97 Å². The van der Waals surface area contributed by atoms with Crippen molar-refractivity contribution in [1.82, 2.24) is 0 Å². The summed E-state index contributed by atoms with van der Waals surface area (Å²) < 4.78 is 45.0. The van der Waals surface area contributed by atoms with E-state index in [4.69, 9.17) is 37.9 Å². The molecule has 3 aromatic rings. The molecule has 0 aliphatic carbocycles. The average Bonchev–Trinajstić information content (AvgIpc) is 2.99. The van der Waals surface area contributed by atoms with Gasteiger partial charge in [0.15, 0.2) is 43.4 Å². The van der Waals surface area contributed by atoms with Crippen LogP contribution in [0.3, 0.4) is 0 Å². The van der Waals surface area contributed by atoms with Crippen molar-refractivity contribution in [3.63, 3.8) is 0 Å². The predicted molar refractivity (Wildman–Crippen MR) is 147 cm³/mol. The van der Waals surface area contributed by atoms with E-state index in [2.05, 4.69) is 13.8 Å². The molecular formula is C31H36O9. The second-order valence-corrected chi connectivity index (χ2v) is 9.10. The Morgan fingerprint density at radius 2 is 1.35 bits per heavy atom. The summed E-state index contributed by atoms with van der Waals surface area (Å²) in [5.74, 6) is 2.18. The van der Waals surface area contributed by atoms with Crippen LogP contribution in [0, 0.1) is 0 Å². The summed E-state index contributed by atoms with van der Waals surface area (Å²) in [6.07, 6.45) is 1.04. The molecule has 1 heterocycles. The molecule has 0 saturated heterocycles. The number of hydrogen-bond donors (Lipinski definition) is 0. The van der Waals surface area contributed by atoms with E-state index in [1.807, 2.05) is 36.4 Å². The number of esters is 1. The van der Waals surface area contributed by atoms with Crippen LogP contribution in [0.5, 0.6) is 23.0 Å². The van der Waals surface area contributed by atoms with Crippen molar-refractivity contribution in [2.45, 2.75) is 32.8 Å². The van der Waals surface area contributed by atoms with Crippen LogP contribution >= 0.6 is 0 Å². The van der Waals surface area contributed by atoms with Gasteiger partial charge in [0.25, 0.3) is 0 Å². The molecule has 1 unspecified atom stereocenters. The minimum atomic E-state index is -0.387. The zero-order valence-corrected chi connectivity index (χ0v) is 23.0. The average molecular weight is 553 g/mol. The van der Waals surface area contributed by atoms with Gasteiger partial charge in [0.05, 0.1) is 18.8 Å². The second kappa shape index (κ2) is 15.7. The Balaban J connectivity index is 1.33. The first-order valence-electron chi connectivity index (χ1n) is 13.4. The zero-order chi connectivity index (χ0) is 28.0. The van der Waals surface area contributed by atoms with Crippen molar-refractivity contribution in [2.75, 3.05) is 46.8 Å². The molecule has 214 valence electrons. The van der Waals surface area contributed by atoms with Crippen LogP contribution in [0.25, 0.3) is 0 Å². The van der Waals surface area contributed by atoms with E-state index in [0.717, 1.165) is 12.0 Å². The highest BCUT2D eigenvalue weighted by Crippen LogP contribution is 2.29. The quantitative estimate of drug-likeness (QED) is 0.369. The third-order valence-corrected chi connectivity index (χ3v) is 6.29. The normalized spacial score (nSPS) is 15.8. The zero-order valence-electron chi connectivity index (χ0n) is 23.0. The third kappa shape index (κ3) is 8.87. The monoisotopic (exact) mass is 552 g/mol. The van der Waals surface area contributed by atoms with Crippen molar-refractivity contribution in [2.24, 2.45) is 0 Å². The molecule has 1 aliphatic rings. The topological polar surface area (TPSA) is 90.9 Å². The van der Waals surface area contributed by atoms with Gasteiger partial charge in [0.2, 0.25) is 0 Å². The van der Waals surface area contributed by atoms with Gasteiger partial charge in [-0.2, -0.15) is 0 Å². The number of hydrogen-bond acceptors (Lipinski definition) is 9. The van der Waals surface area contributed by atoms with Crippen LogP contribution in [-0.4, -0.2) is 52.8 Å². The van der Waals surface area contributed by atoms with Gasteiger partial charge in [0.1, 0.15) is 19.8 Å². The van der Waals surface area contributed by atoms with E-state index in [-0.39, 0.29) is 39.6 Å². The lowest BCUT2D eigenvalue weighted by Crippen LogP contribution is -2.14. The van der Waals surface area contributed by atoms with Crippen molar-refractivity contribution in [3.8, 4) is 23.0 Å². The fraction of sp³-hybridized carbons (Fsp3) is 0.387. The minimum absolute atomic E-state index is 0.0132. The second-order valence-electron chi connectivity index (χ2n) is 9.10. The predicted octanol–water partition coefficient (Wildman–Crippen LogP) is 5.71. The number of rotatable bonds is 5. The molecule has 0 fully saturated rings. The Kier molecular flexibility index (Phi) is 11.5. The standard InChI is InChI=1S/C31H36O9/c1-3-23(2)25-9-11-26(12-10-25)31(32)38-19-24-8-13-29-30(18-24)37-17-15-33-14-16-36-27-6-4-5-7-28(27)39-21-34-20-35-22-40-29/h4-13,18,23H,3,14-17,19-22H2,1-2H3. The maximum Gasteiger partial charge on any atom is 0.338 e. The summed E-state index contributed by atoms with van der Waals surface area (Å²) in [4.78, 5) is 12.6. The highest BCUT2D eigenvalue weighted by molar-refractivity contribution is 5.89. The lowest BCUT2D eigenvalue weighted by molar-refractivity contribution is -0.130. The fourth-order valence-corrected chi connectivity index (χ4v) is 3.84. The molecule has 40 heavy (non-hydrogen) atoms. The highest BCUT2D eigenvalue weighted by atomic mass is 16.8. The SMILES string of the molecule is CCC(C)c1ccc(C(=O)OCc2ccc3c(c2)OCCOCCOc2ccccc2OCOCOCO3)cc1. The van der Waals surface area contributed by atoms with Crippen molar-refractivity contribution in [3.05, 3.63) is 83.4 Å². The van der Waals surface area contributed by atoms with Gasteiger partial charge in [-0.05, 0) is 59.9 Å². The van der Waals surface area contributed by atoms with Crippen LogP contribution in [0.4, 0.5) is 0 Å². The summed E-state index contributed by atoms with van der Waals surface area (Å²) >= 11 is 0. The molecule has 0 aromatic heterocycles.